The summed E-state index contributed by atoms with van der Waals surface area (Å²) in [5.74, 6) is 0. The van der Waals surface area contributed by atoms with Gasteiger partial charge >= 0.3 is 6.18 Å². The fraction of sp³-hybridized carbons (Fsp3) is 0.700. The zero-order chi connectivity index (χ0) is 12.5. The van der Waals surface area contributed by atoms with E-state index in [1.54, 1.807) is 0 Å². The van der Waals surface area contributed by atoms with Gasteiger partial charge in [0.2, 0.25) is 0 Å². The smallest absolute Gasteiger partial charge is 0.317 e. The molecular formula is C10H12F4N2S. The SMILES string of the molecule is FC(F)(F)c1ncc(C2(F)CCCNCC2)s1. The third kappa shape index (κ3) is 2.77. The first-order chi connectivity index (χ1) is 7.92. The van der Waals surface area contributed by atoms with E-state index in [1.165, 1.54) is 0 Å². The van der Waals surface area contributed by atoms with Gasteiger partial charge in [-0.15, -0.1) is 11.3 Å². The quantitative estimate of drug-likeness (QED) is 0.792. The van der Waals surface area contributed by atoms with Crippen LogP contribution < -0.4 is 5.32 Å². The number of nitrogens with zero attached hydrogens (tertiary/aromatic N) is 1. The summed E-state index contributed by atoms with van der Waals surface area (Å²) in [5, 5.41) is 2.06. The molecule has 96 valence electrons. The van der Waals surface area contributed by atoms with Crippen LogP contribution in [0.25, 0.3) is 0 Å². The van der Waals surface area contributed by atoms with E-state index in [9.17, 15) is 17.6 Å². The predicted molar refractivity (Wildman–Crippen MR) is 56.6 cm³/mol. The van der Waals surface area contributed by atoms with Crippen molar-refractivity contribution in [3.05, 3.63) is 16.1 Å². The highest BCUT2D eigenvalue weighted by molar-refractivity contribution is 7.11. The number of hydrogen-bond acceptors (Lipinski definition) is 3. The molecule has 2 nitrogen and oxygen atoms in total. The van der Waals surface area contributed by atoms with Crippen LogP contribution in [0, 0.1) is 0 Å². The molecular weight excluding hydrogens is 256 g/mol. The van der Waals surface area contributed by atoms with Crippen LogP contribution in [0.1, 0.15) is 29.1 Å². The Kier molecular flexibility index (Phi) is 3.40. The summed E-state index contributed by atoms with van der Waals surface area (Å²) in [5.41, 5.74) is -1.66. The molecule has 0 bridgehead atoms. The largest absolute Gasteiger partial charge is 0.443 e. The van der Waals surface area contributed by atoms with Crippen LogP contribution in [0.3, 0.4) is 0 Å². The normalized spacial score (nSPS) is 26.8. The van der Waals surface area contributed by atoms with Crippen molar-refractivity contribution in [3.63, 3.8) is 0 Å². The molecule has 1 N–H and O–H groups in total. The van der Waals surface area contributed by atoms with E-state index >= 15 is 0 Å². The van der Waals surface area contributed by atoms with E-state index in [2.05, 4.69) is 10.3 Å². The highest BCUT2D eigenvalue weighted by Crippen LogP contribution is 2.42. The second-order valence-corrected chi connectivity index (χ2v) is 5.13. The Morgan fingerprint density at radius 3 is 2.71 bits per heavy atom. The van der Waals surface area contributed by atoms with Gasteiger partial charge in [0.25, 0.3) is 0 Å². The van der Waals surface area contributed by atoms with Crippen molar-refractivity contribution in [2.45, 2.75) is 31.1 Å². The third-order valence-electron chi connectivity index (χ3n) is 2.81. The number of alkyl halides is 4. The summed E-state index contributed by atoms with van der Waals surface area (Å²) >= 11 is 0.416. The first kappa shape index (κ1) is 12.8. The summed E-state index contributed by atoms with van der Waals surface area (Å²) in [6.45, 7) is 1.19. The number of rotatable bonds is 1. The predicted octanol–water partition coefficient (Wildman–Crippen LogP) is 3.10. The lowest BCUT2D eigenvalue weighted by Gasteiger charge is -2.20. The maximum absolute atomic E-state index is 14.5. The van der Waals surface area contributed by atoms with Crippen molar-refractivity contribution < 1.29 is 17.6 Å². The molecule has 0 saturated carbocycles. The minimum Gasteiger partial charge on any atom is -0.317 e. The highest BCUT2D eigenvalue weighted by Gasteiger charge is 2.39. The van der Waals surface area contributed by atoms with E-state index < -0.39 is 16.9 Å². The minimum atomic E-state index is -4.48. The summed E-state index contributed by atoms with van der Waals surface area (Å²) in [4.78, 5) is 3.36. The summed E-state index contributed by atoms with van der Waals surface area (Å²) in [6, 6.07) is 0. The van der Waals surface area contributed by atoms with Gasteiger partial charge in [-0.2, -0.15) is 13.2 Å². The Bertz CT molecular complexity index is 380. The van der Waals surface area contributed by atoms with Gasteiger partial charge in [0, 0.05) is 6.20 Å². The van der Waals surface area contributed by atoms with Crippen molar-refractivity contribution in [1.29, 1.82) is 0 Å². The molecule has 0 amide bonds. The van der Waals surface area contributed by atoms with Crippen LogP contribution >= 0.6 is 11.3 Å². The van der Waals surface area contributed by atoms with Gasteiger partial charge in [-0.05, 0) is 32.4 Å². The lowest BCUT2D eigenvalue weighted by atomic mass is 9.96. The molecule has 1 unspecified atom stereocenters. The van der Waals surface area contributed by atoms with Gasteiger partial charge in [0.05, 0.1) is 4.88 Å². The second kappa shape index (κ2) is 4.53. The first-order valence-corrected chi connectivity index (χ1v) is 6.17. The Balaban J connectivity index is 2.23. The zero-order valence-electron chi connectivity index (χ0n) is 8.98. The molecule has 0 aliphatic carbocycles. The Morgan fingerprint density at radius 1 is 1.29 bits per heavy atom. The topological polar surface area (TPSA) is 24.9 Å². The van der Waals surface area contributed by atoms with Gasteiger partial charge in [0.15, 0.2) is 5.01 Å². The number of halogens is 4. The van der Waals surface area contributed by atoms with E-state index in [4.69, 9.17) is 0 Å². The fourth-order valence-electron chi connectivity index (χ4n) is 1.89. The molecule has 1 aliphatic heterocycles. The molecule has 1 aromatic rings. The van der Waals surface area contributed by atoms with E-state index in [0.717, 1.165) is 6.20 Å². The number of aromatic nitrogens is 1. The summed E-state index contributed by atoms with van der Waals surface area (Å²) in [6.07, 6.45) is -2.39. The molecule has 0 radical (unpaired) electrons. The molecule has 1 aliphatic rings. The Morgan fingerprint density at radius 2 is 2.06 bits per heavy atom. The average Bonchev–Trinajstić information content (AvgIpc) is 2.64. The van der Waals surface area contributed by atoms with Crippen LogP contribution in [-0.4, -0.2) is 18.1 Å². The van der Waals surface area contributed by atoms with Gasteiger partial charge in [-0.1, -0.05) is 0 Å². The van der Waals surface area contributed by atoms with Gasteiger partial charge in [-0.25, -0.2) is 9.37 Å². The van der Waals surface area contributed by atoms with Crippen LogP contribution in [0.5, 0.6) is 0 Å². The standard InChI is InChI=1S/C10H12F4N2S/c11-9(2-1-4-15-5-3-9)7-6-16-8(17-7)10(12,13)14/h6,15H,1-5H2. The molecule has 2 heterocycles. The molecule has 0 spiro atoms. The molecule has 1 saturated heterocycles. The van der Waals surface area contributed by atoms with Crippen molar-refractivity contribution in [2.24, 2.45) is 0 Å². The molecule has 2 rings (SSSR count). The van der Waals surface area contributed by atoms with Crippen LogP contribution in [0.15, 0.2) is 6.20 Å². The Labute approximate surface area is 100 Å². The van der Waals surface area contributed by atoms with Crippen molar-refractivity contribution in [2.75, 3.05) is 13.1 Å². The third-order valence-corrected chi connectivity index (χ3v) is 4.04. The maximum Gasteiger partial charge on any atom is 0.443 e. The molecule has 1 atom stereocenters. The second-order valence-electron chi connectivity index (χ2n) is 4.10. The Hall–Kier alpha value is -0.690. The van der Waals surface area contributed by atoms with E-state index in [1.807, 2.05) is 0 Å². The highest BCUT2D eigenvalue weighted by atomic mass is 32.1. The van der Waals surface area contributed by atoms with Crippen molar-refractivity contribution in [3.8, 4) is 0 Å². The maximum atomic E-state index is 14.5. The zero-order valence-corrected chi connectivity index (χ0v) is 9.80. The fourth-order valence-corrected chi connectivity index (χ4v) is 2.81. The molecule has 1 fully saturated rings. The van der Waals surface area contributed by atoms with Gasteiger partial charge in [-0.3, -0.25) is 0 Å². The number of hydrogen-bond donors (Lipinski definition) is 1. The molecule has 1 aromatic heterocycles. The molecule has 0 aromatic carbocycles. The van der Waals surface area contributed by atoms with Crippen LogP contribution in [0.2, 0.25) is 0 Å². The number of nitrogens with one attached hydrogen (secondary N) is 1. The minimum absolute atomic E-state index is 0.0912. The lowest BCUT2D eigenvalue weighted by Crippen LogP contribution is -2.21. The first-order valence-electron chi connectivity index (χ1n) is 5.35. The molecule has 7 heteroatoms. The average molecular weight is 268 g/mol. The molecule has 17 heavy (non-hydrogen) atoms. The van der Waals surface area contributed by atoms with E-state index in [0.29, 0.717) is 30.8 Å². The van der Waals surface area contributed by atoms with Crippen molar-refractivity contribution >= 4 is 11.3 Å². The number of thiazole rings is 1. The van der Waals surface area contributed by atoms with Crippen LogP contribution in [-0.2, 0) is 11.8 Å². The monoisotopic (exact) mass is 268 g/mol. The van der Waals surface area contributed by atoms with Crippen LogP contribution in [0.4, 0.5) is 17.6 Å². The van der Waals surface area contributed by atoms with Crippen molar-refractivity contribution in [1.82, 2.24) is 10.3 Å². The summed E-state index contributed by atoms with van der Waals surface area (Å²) < 4.78 is 51.7. The van der Waals surface area contributed by atoms with Gasteiger partial charge < -0.3 is 5.32 Å². The van der Waals surface area contributed by atoms with E-state index in [-0.39, 0.29) is 17.7 Å². The van der Waals surface area contributed by atoms with Gasteiger partial charge in [0.1, 0.15) is 5.67 Å². The lowest BCUT2D eigenvalue weighted by molar-refractivity contribution is -0.137. The summed E-state index contributed by atoms with van der Waals surface area (Å²) in [7, 11) is 0.